The largest absolute Gasteiger partial charge is 0.340 e. The Hall–Kier alpha value is -1.11. The summed E-state index contributed by atoms with van der Waals surface area (Å²) in [6.07, 6.45) is 1.99. The summed E-state index contributed by atoms with van der Waals surface area (Å²) in [7, 11) is 0. The molecule has 0 bridgehead atoms. The van der Waals surface area contributed by atoms with Crippen molar-refractivity contribution in [2.24, 2.45) is 0 Å². The molecule has 4 nitrogen and oxygen atoms in total. The highest BCUT2D eigenvalue weighted by Gasteiger charge is 2.18. The molecule has 2 aromatic rings. The van der Waals surface area contributed by atoms with Crippen molar-refractivity contribution in [2.45, 2.75) is 18.2 Å². The minimum absolute atomic E-state index is 0.806. The maximum atomic E-state index is 4.57. The van der Waals surface area contributed by atoms with Crippen LogP contribution in [0.5, 0.6) is 0 Å². The summed E-state index contributed by atoms with van der Waals surface area (Å²) in [4.78, 5) is 9.10. The van der Waals surface area contributed by atoms with Crippen molar-refractivity contribution >= 4 is 39.2 Å². The van der Waals surface area contributed by atoms with Crippen LogP contribution in [-0.2, 0) is 13.1 Å². The summed E-state index contributed by atoms with van der Waals surface area (Å²) >= 11 is 5.04. The van der Waals surface area contributed by atoms with Gasteiger partial charge in [0.2, 0.25) is 0 Å². The maximum Gasteiger partial charge on any atom is 0.189 e. The molecule has 0 saturated carbocycles. The third kappa shape index (κ3) is 2.75. The van der Waals surface area contributed by atoms with Crippen LogP contribution >= 0.6 is 27.7 Å². The number of hydrogen-bond acceptors (Lipinski definition) is 5. The van der Waals surface area contributed by atoms with Crippen LogP contribution in [0.2, 0.25) is 0 Å². The SMILES string of the molecule is CSc1nc2c(c(Nc3cccc(Br)c3)n1)CNC2. The van der Waals surface area contributed by atoms with Crippen LogP contribution in [0.3, 0.4) is 0 Å². The standard InChI is InChI=1S/C13H13BrN4S/c1-19-13-17-11-7-15-6-10(11)12(18-13)16-9-4-2-3-8(14)5-9/h2-5,15H,6-7H2,1H3,(H,16,17,18). The van der Waals surface area contributed by atoms with Crippen molar-refractivity contribution in [3.8, 4) is 0 Å². The lowest BCUT2D eigenvalue weighted by atomic mass is 10.2. The van der Waals surface area contributed by atoms with E-state index < -0.39 is 0 Å². The van der Waals surface area contributed by atoms with E-state index in [1.807, 2.05) is 30.5 Å². The lowest BCUT2D eigenvalue weighted by Gasteiger charge is -2.11. The number of nitrogens with one attached hydrogen (secondary N) is 2. The van der Waals surface area contributed by atoms with Crippen LogP contribution in [0.25, 0.3) is 0 Å². The average Bonchev–Trinajstić information content (AvgIpc) is 2.87. The highest BCUT2D eigenvalue weighted by molar-refractivity contribution is 9.10. The van der Waals surface area contributed by atoms with Gasteiger partial charge in [0.1, 0.15) is 5.82 Å². The first kappa shape index (κ1) is 12.9. The fourth-order valence-corrected chi connectivity index (χ4v) is 2.83. The Balaban J connectivity index is 1.98. The molecule has 0 spiro atoms. The van der Waals surface area contributed by atoms with Crippen LogP contribution in [-0.4, -0.2) is 16.2 Å². The summed E-state index contributed by atoms with van der Waals surface area (Å²) in [6.45, 7) is 1.64. The molecule has 0 saturated heterocycles. The van der Waals surface area contributed by atoms with E-state index in [1.54, 1.807) is 11.8 Å². The Morgan fingerprint density at radius 1 is 1.32 bits per heavy atom. The van der Waals surface area contributed by atoms with Gasteiger partial charge < -0.3 is 10.6 Å². The van der Waals surface area contributed by atoms with E-state index >= 15 is 0 Å². The van der Waals surface area contributed by atoms with Crippen molar-refractivity contribution in [3.63, 3.8) is 0 Å². The summed E-state index contributed by atoms with van der Waals surface area (Å²) in [5, 5.41) is 7.51. The Morgan fingerprint density at radius 2 is 2.21 bits per heavy atom. The van der Waals surface area contributed by atoms with Gasteiger partial charge in [-0.25, -0.2) is 9.97 Å². The van der Waals surface area contributed by atoms with E-state index in [9.17, 15) is 0 Å². The molecule has 0 fully saturated rings. The third-order valence-corrected chi connectivity index (χ3v) is 3.98. The molecule has 1 aromatic heterocycles. The van der Waals surface area contributed by atoms with E-state index in [4.69, 9.17) is 0 Å². The first-order valence-electron chi connectivity index (χ1n) is 5.93. The van der Waals surface area contributed by atoms with Crippen LogP contribution in [0.15, 0.2) is 33.9 Å². The molecular formula is C13H13BrN4S. The fraction of sp³-hybridized carbons (Fsp3) is 0.231. The number of anilines is 2. The first-order chi connectivity index (χ1) is 9.26. The molecule has 0 amide bonds. The zero-order valence-electron chi connectivity index (χ0n) is 10.4. The van der Waals surface area contributed by atoms with Crippen molar-refractivity contribution in [1.29, 1.82) is 0 Å². The zero-order chi connectivity index (χ0) is 13.2. The predicted molar refractivity (Wildman–Crippen MR) is 81.8 cm³/mol. The molecule has 0 atom stereocenters. The monoisotopic (exact) mass is 336 g/mol. The Morgan fingerprint density at radius 3 is 3.00 bits per heavy atom. The summed E-state index contributed by atoms with van der Waals surface area (Å²) < 4.78 is 1.05. The topological polar surface area (TPSA) is 49.8 Å². The molecule has 2 N–H and O–H groups in total. The number of benzene rings is 1. The number of nitrogens with zero attached hydrogens (tertiary/aromatic N) is 2. The van der Waals surface area contributed by atoms with Gasteiger partial charge in [-0.05, 0) is 24.5 Å². The number of rotatable bonds is 3. The summed E-state index contributed by atoms with van der Waals surface area (Å²) in [6, 6.07) is 8.07. The van der Waals surface area contributed by atoms with E-state index in [0.717, 1.165) is 45.5 Å². The van der Waals surface area contributed by atoms with Gasteiger partial charge in [-0.1, -0.05) is 33.8 Å². The van der Waals surface area contributed by atoms with Gasteiger partial charge in [0, 0.05) is 28.8 Å². The van der Waals surface area contributed by atoms with Crippen LogP contribution < -0.4 is 10.6 Å². The molecule has 19 heavy (non-hydrogen) atoms. The summed E-state index contributed by atoms with van der Waals surface area (Å²) in [5.74, 6) is 0.900. The molecule has 1 aliphatic heterocycles. The Labute approximate surface area is 124 Å². The minimum atomic E-state index is 0.806. The summed E-state index contributed by atoms with van der Waals surface area (Å²) in [5.41, 5.74) is 3.28. The lowest BCUT2D eigenvalue weighted by Crippen LogP contribution is -2.03. The Kier molecular flexibility index (Phi) is 3.72. The van der Waals surface area contributed by atoms with Gasteiger partial charge in [0.05, 0.1) is 5.69 Å². The van der Waals surface area contributed by atoms with Crippen molar-refractivity contribution in [2.75, 3.05) is 11.6 Å². The smallest absolute Gasteiger partial charge is 0.189 e. The molecular weight excluding hydrogens is 324 g/mol. The van der Waals surface area contributed by atoms with Crippen LogP contribution in [0, 0.1) is 0 Å². The molecule has 1 aliphatic rings. The molecule has 0 radical (unpaired) electrons. The molecule has 98 valence electrons. The van der Waals surface area contributed by atoms with Gasteiger partial charge >= 0.3 is 0 Å². The number of hydrogen-bond donors (Lipinski definition) is 2. The van der Waals surface area contributed by atoms with E-state index in [2.05, 4.69) is 36.5 Å². The van der Waals surface area contributed by atoms with E-state index in [1.165, 1.54) is 0 Å². The first-order valence-corrected chi connectivity index (χ1v) is 7.95. The fourth-order valence-electron chi connectivity index (χ4n) is 2.04. The average molecular weight is 337 g/mol. The molecule has 2 heterocycles. The normalized spacial score (nSPS) is 13.4. The van der Waals surface area contributed by atoms with Gasteiger partial charge in [0.15, 0.2) is 5.16 Å². The Bertz CT molecular complexity index is 618. The lowest BCUT2D eigenvalue weighted by molar-refractivity contribution is 0.754. The van der Waals surface area contributed by atoms with Crippen LogP contribution in [0.4, 0.5) is 11.5 Å². The highest BCUT2D eigenvalue weighted by Crippen LogP contribution is 2.27. The second kappa shape index (κ2) is 5.48. The van der Waals surface area contributed by atoms with Gasteiger partial charge in [-0.3, -0.25) is 0 Å². The zero-order valence-corrected chi connectivity index (χ0v) is 12.8. The van der Waals surface area contributed by atoms with Crippen molar-refractivity contribution in [1.82, 2.24) is 15.3 Å². The predicted octanol–water partition coefficient (Wildman–Crippen LogP) is 3.31. The number of halogens is 1. The molecule has 3 rings (SSSR count). The van der Waals surface area contributed by atoms with Crippen LogP contribution in [0.1, 0.15) is 11.3 Å². The number of thioether (sulfide) groups is 1. The van der Waals surface area contributed by atoms with E-state index in [-0.39, 0.29) is 0 Å². The molecule has 0 aliphatic carbocycles. The van der Waals surface area contributed by atoms with Crippen molar-refractivity contribution < 1.29 is 0 Å². The second-order valence-corrected chi connectivity index (χ2v) is 5.91. The number of fused-ring (bicyclic) bond motifs is 1. The molecule has 0 unspecified atom stereocenters. The molecule has 6 heteroatoms. The quantitative estimate of drug-likeness (QED) is 0.665. The number of aromatic nitrogens is 2. The van der Waals surface area contributed by atoms with Gasteiger partial charge in [-0.2, -0.15) is 0 Å². The minimum Gasteiger partial charge on any atom is -0.340 e. The van der Waals surface area contributed by atoms with Crippen molar-refractivity contribution in [3.05, 3.63) is 40.0 Å². The maximum absolute atomic E-state index is 4.57. The highest BCUT2D eigenvalue weighted by atomic mass is 79.9. The van der Waals surface area contributed by atoms with Gasteiger partial charge in [-0.15, -0.1) is 0 Å². The third-order valence-electron chi connectivity index (χ3n) is 2.94. The van der Waals surface area contributed by atoms with E-state index in [0.29, 0.717) is 0 Å². The second-order valence-electron chi connectivity index (χ2n) is 4.22. The molecule has 1 aromatic carbocycles. The van der Waals surface area contributed by atoms with Gasteiger partial charge in [0.25, 0.3) is 0 Å².